The molecule has 1 aliphatic carbocycles. The third kappa shape index (κ3) is 3.24. The fourth-order valence-electron chi connectivity index (χ4n) is 2.58. The van der Waals surface area contributed by atoms with Crippen molar-refractivity contribution in [3.63, 3.8) is 0 Å². The number of benzene rings is 2. The van der Waals surface area contributed by atoms with E-state index in [0.717, 1.165) is 29.0 Å². The van der Waals surface area contributed by atoms with Crippen LogP contribution in [0.2, 0.25) is 0 Å². The van der Waals surface area contributed by atoms with Gasteiger partial charge in [0.25, 0.3) is 0 Å². The lowest BCUT2D eigenvalue weighted by molar-refractivity contribution is 0.414. The molecule has 0 atom stereocenters. The maximum absolute atomic E-state index is 13.3. The van der Waals surface area contributed by atoms with Crippen molar-refractivity contribution < 1.29 is 9.13 Å². The topological polar surface area (TPSA) is 21.3 Å². The van der Waals surface area contributed by atoms with Gasteiger partial charge in [-0.1, -0.05) is 12.1 Å². The minimum Gasteiger partial charge on any atom is -0.497 e. The van der Waals surface area contributed by atoms with Gasteiger partial charge >= 0.3 is 0 Å². The first-order valence-electron chi connectivity index (χ1n) is 7.34. The Bertz CT molecular complexity index is 650. The number of aryl methyl sites for hydroxylation is 1. The van der Waals surface area contributed by atoms with Gasteiger partial charge in [-0.05, 0) is 66.3 Å². The van der Waals surface area contributed by atoms with E-state index in [2.05, 4.69) is 17.4 Å². The first-order valence-corrected chi connectivity index (χ1v) is 7.34. The predicted octanol–water partition coefficient (Wildman–Crippen LogP) is 4.06. The van der Waals surface area contributed by atoms with Gasteiger partial charge in [0.15, 0.2) is 0 Å². The van der Waals surface area contributed by atoms with E-state index in [1.54, 1.807) is 13.2 Å². The highest BCUT2D eigenvalue weighted by atomic mass is 19.1. The van der Waals surface area contributed by atoms with E-state index >= 15 is 0 Å². The van der Waals surface area contributed by atoms with Crippen LogP contribution in [0.3, 0.4) is 0 Å². The summed E-state index contributed by atoms with van der Waals surface area (Å²) in [6, 6.07) is 11.7. The number of ether oxygens (including phenoxy) is 1. The lowest BCUT2D eigenvalue weighted by Crippen LogP contribution is -2.16. The summed E-state index contributed by atoms with van der Waals surface area (Å²) in [7, 11) is 1.68. The molecule has 0 bridgehead atoms. The Morgan fingerprint density at radius 1 is 1.14 bits per heavy atom. The number of halogens is 1. The van der Waals surface area contributed by atoms with E-state index < -0.39 is 0 Å². The van der Waals surface area contributed by atoms with Crippen molar-refractivity contribution in [3.05, 3.63) is 53.3 Å². The van der Waals surface area contributed by atoms with Gasteiger partial charge in [-0.15, -0.1) is 0 Å². The first-order chi connectivity index (χ1) is 10.2. The Balaban J connectivity index is 1.98. The van der Waals surface area contributed by atoms with Crippen LogP contribution in [0.1, 0.15) is 24.0 Å². The highest BCUT2D eigenvalue weighted by Gasteiger charge is 2.21. The van der Waals surface area contributed by atoms with E-state index in [1.165, 1.54) is 24.5 Å². The Morgan fingerprint density at radius 2 is 1.90 bits per heavy atom. The molecule has 2 aromatic rings. The lowest BCUT2D eigenvalue weighted by Gasteiger charge is -2.14. The molecule has 1 fully saturated rings. The van der Waals surface area contributed by atoms with Gasteiger partial charge in [0, 0.05) is 12.6 Å². The van der Waals surface area contributed by atoms with Gasteiger partial charge in [-0.2, -0.15) is 0 Å². The van der Waals surface area contributed by atoms with Gasteiger partial charge in [0.1, 0.15) is 11.6 Å². The van der Waals surface area contributed by atoms with Crippen LogP contribution in [0, 0.1) is 12.7 Å². The van der Waals surface area contributed by atoms with Crippen molar-refractivity contribution in [1.82, 2.24) is 5.32 Å². The van der Waals surface area contributed by atoms with Crippen molar-refractivity contribution in [1.29, 1.82) is 0 Å². The molecule has 0 amide bonds. The maximum Gasteiger partial charge on any atom is 0.123 e. The van der Waals surface area contributed by atoms with E-state index in [0.29, 0.717) is 6.04 Å². The standard InChI is InChI=1S/C18H20FNO/c1-12-9-14(19)3-7-17(12)18-8-6-16(21-2)10-13(18)11-20-15-4-5-15/h3,6-10,15,20H,4-5,11H2,1-2H3. The molecule has 2 nitrogen and oxygen atoms in total. The SMILES string of the molecule is COc1ccc(-c2ccc(F)cc2C)c(CNC2CC2)c1. The Hall–Kier alpha value is -1.87. The number of rotatable bonds is 5. The van der Waals surface area contributed by atoms with Gasteiger partial charge in [-0.25, -0.2) is 4.39 Å². The van der Waals surface area contributed by atoms with Gasteiger partial charge < -0.3 is 10.1 Å². The van der Waals surface area contributed by atoms with Crippen molar-refractivity contribution in [3.8, 4) is 16.9 Å². The van der Waals surface area contributed by atoms with Crippen LogP contribution in [0.25, 0.3) is 11.1 Å². The number of methoxy groups -OCH3 is 1. The number of hydrogen-bond donors (Lipinski definition) is 1. The second kappa shape index (κ2) is 5.86. The monoisotopic (exact) mass is 285 g/mol. The molecule has 0 spiro atoms. The summed E-state index contributed by atoms with van der Waals surface area (Å²) in [5.74, 6) is 0.661. The highest BCUT2D eigenvalue weighted by molar-refractivity contribution is 5.71. The molecule has 1 saturated carbocycles. The quantitative estimate of drug-likeness (QED) is 0.894. The summed E-state index contributed by atoms with van der Waals surface area (Å²) in [6.07, 6.45) is 2.52. The van der Waals surface area contributed by atoms with E-state index in [4.69, 9.17) is 4.74 Å². The fourth-order valence-corrected chi connectivity index (χ4v) is 2.58. The largest absolute Gasteiger partial charge is 0.497 e. The molecule has 21 heavy (non-hydrogen) atoms. The fraction of sp³-hybridized carbons (Fsp3) is 0.333. The second-order valence-electron chi connectivity index (χ2n) is 5.64. The van der Waals surface area contributed by atoms with Crippen LogP contribution in [0.4, 0.5) is 4.39 Å². The lowest BCUT2D eigenvalue weighted by atomic mass is 9.95. The van der Waals surface area contributed by atoms with Gasteiger partial charge in [-0.3, -0.25) is 0 Å². The molecule has 1 aliphatic rings. The molecule has 0 radical (unpaired) electrons. The summed E-state index contributed by atoms with van der Waals surface area (Å²) < 4.78 is 18.6. The van der Waals surface area contributed by atoms with E-state index in [9.17, 15) is 4.39 Å². The summed E-state index contributed by atoms with van der Waals surface area (Å²) >= 11 is 0. The first kappa shape index (κ1) is 14.1. The molecular weight excluding hydrogens is 265 g/mol. The summed E-state index contributed by atoms with van der Waals surface area (Å²) in [5, 5.41) is 3.54. The van der Waals surface area contributed by atoms with Crippen LogP contribution < -0.4 is 10.1 Å². The third-order valence-corrected chi connectivity index (χ3v) is 3.95. The smallest absolute Gasteiger partial charge is 0.123 e. The molecule has 0 aliphatic heterocycles. The molecule has 0 aromatic heterocycles. The molecule has 3 heteroatoms. The van der Waals surface area contributed by atoms with Gasteiger partial charge in [0.05, 0.1) is 7.11 Å². The molecule has 0 heterocycles. The molecule has 1 N–H and O–H groups in total. The predicted molar refractivity (Wildman–Crippen MR) is 83.0 cm³/mol. The minimum atomic E-state index is -0.192. The second-order valence-corrected chi connectivity index (χ2v) is 5.64. The maximum atomic E-state index is 13.3. The van der Waals surface area contributed by atoms with Crippen LogP contribution >= 0.6 is 0 Å². The van der Waals surface area contributed by atoms with Crippen molar-refractivity contribution in [2.24, 2.45) is 0 Å². The molecule has 0 unspecified atom stereocenters. The molecule has 110 valence electrons. The Kier molecular flexibility index (Phi) is 3.93. The average Bonchev–Trinajstić information content (AvgIpc) is 3.29. The van der Waals surface area contributed by atoms with Crippen LogP contribution in [0.5, 0.6) is 5.75 Å². The molecule has 2 aromatic carbocycles. The Labute approximate surface area is 125 Å². The molecule has 0 saturated heterocycles. The van der Waals surface area contributed by atoms with E-state index in [1.807, 2.05) is 19.1 Å². The van der Waals surface area contributed by atoms with Crippen LogP contribution in [-0.4, -0.2) is 13.2 Å². The molecular formula is C18H20FNO. The number of hydrogen-bond acceptors (Lipinski definition) is 2. The normalized spacial score (nSPS) is 14.2. The minimum absolute atomic E-state index is 0.192. The van der Waals surface area contributed by atoms with Crippen molar-refractivity contribution >= 4 is 0 Å². The number of nitrogens with one attached hydrogen (secondary N) is 1. The van der Waals surface area contributed by atoms with Crippen molar-refractivity contribution in [2.45, 2.75) is 32.4 Å². The summed E-state index contributed by atoms with van der Waals surface area (Å²) in [5.41, 5.74) is 4.36. The highest BCUT2D eigenvalue weighted by Crippen LogP contribution is 2.31. The summed E-state index contributed by atoms with van der Waals surface area (Å²) in [4.78, 5) is 0. The summed E-state index contributed by atoms with van der Waals surface area (Å²) in [6.45, 7) is 2.76. The van der Waals surface area contributed by atoms with Crippen LogP contribution in [-0.2, 0) is 6.54 Å². The van der Waals surface area contributed by atoms with Crippen molar-refractivity contribution in [2.75, 3.05) is 7.11 Å². The van der Waals surface area contributed by atoms with Gasteiger partial charge in [0.2, 0.25) is 0 Å². The third-order valence-electron chi connectivity index (χ3n) is 3.95. The van der Waals surface area contributed by atoms with E-state index in [-0.39, 0.29) is 5.82 Å². The molecule has 3 rings (SSSR count). The zero-order valence-electron chi connectivity index (χ0n) is 12.4. The van der Waals surface area contributed by atoms with Crippen LogP contribution in [0.15, 0.2) is 36.4 Å². The zero-order chi connectivity index (χ0) is 14.8. The Morgan fingerprint density at radius 3 is 2.57 bits per heavy atom. The zero-order valence-corrected chi connectivity index (χ0v) is 12.4. The average molecular weight is 285 g/mol.